The van der Waals surface area contributed by atoms with Gasteiger partial charge in [-0.2, -0.15) is 0 Å². The number of carbonyl (C=O) groups is 4. The Balaban J connectivity index is 1.69. The molecule has 2 atom stereocenters. The molecular weight excluding hydrogens is 510 g/mol. The second-order valence-corrected chi connectivity index (χ2v) is 9.77. The molecule has 10 heteroatoms. The number of ether oxygens (including phenoxy) is 2. The van der Waals surface area contributed by atoms with Crippen molar-refractivity contribution in [3.8, 4) is 0 Å². The van der Waals surface area contributed by atoms with E-state index in [-0.39, 0.29) is 12.5 Å². The van der Waals surface area contributed by atoms with Crippen LogP contribution in [0.4, 0.5) is 5.69 Å². The van der Waals surface area contributed by atoms with Gasteiger partial charge in [-0.15, -0.1) is 0 Å². The normalized spacial score (nSPS) is 14.6. The van der Waals surface area contributed by atoms with Gasteiger partial charge in [0.1, 0.15) is 0 Å². The van der Waals surface area contributed by atoms with Crippen LogP contribution in [0.1, 0.15) is 31.9 Å². The van der Waals surface area contributed by atoms with Gasteiger partial charge >= 0.3 is 11.9 Å². The van der Waals surface area contributed by atoms with Crippen molar-refractivity contribution in [1.82, 2.24) is 10.2 Å². The summed E-state index contributed by atoms with van der Waals surface area (Å²) in [5.74, 6) is -2.70. The molecule has 2 amide bonds. The highest BCUT2D eigenvalue weighted by atomic mass is 35.5. The third kappa shape index (κ3) is 7.71. The molecule has 0 spiro atoms. The highest BCUT2D eigenvalue weighted by Crippen LogP contribution is 2.25. The molecule has 2 aromatic carbocycles. The molecule has 1 aliphatic rings. The molecule has 2 aromatic rings. The first-order valence-electron chi connectivity index (χ1n) is 12.5. The molecule has 0 bridgehead atoms. The first-order chi connectivity index (χ1) is 18.1. The first kappa shape index (κ1) is 29.0. The van der Waals surface area contributed by atoms with Crippen molar-refractivity contribution in [1.29, 1.82) is 0 Å². The topological polar surface area (TPSA) is 105 Å². The van der Waals surface area contributed by atoms with Crippen LogP contribution in [0.3, 0.4) is 0 Å². The van der Waals surface area contributed by atoms with Gasteiger partial charge in [0.05, 0.1) is 0 Å². The molecular formula is C28H34ClN3O6. The number of likely N-dealkylation sites (N-methyl/N-ethyl adjacent to an activating group) is 1. The predicted molar refractivity (Wildman–Crippen MR) is 144 cm³/mol. The molecule has 1 heterocycles. The number of halogens is 1. The lowest BCUT2D eigenvalue weighted by molar-refractivity contribution is -0.178. The lowest BCUT2D eigenvalue weighted by atomic mass is 9.99. The molecule has 0 aromatic heterocycles. The van der Waals surface area contributed by atoms with Crippen molar-refractivity contribution < 1.29 is 28.7 Å². The predicted octanol–water partition coefficient (Wildman–Crippen LogP) is 3.11. The van der Waals surface area contributed by atoms with Crippen LogP contribution in [0.5, 0.6) is 0 Å². The van der Waals surface area contributed by atoms with Gasteiger partial charge in [0.25, 0.3) is 11.8 Å². The maximum atomic E-state index is 13.5. The van der Waals surface area contributed by atoms with Crippen molar-refractivity contribution in [2.45, 2.75) is 46.4 Å². The van der Waals surface area contributed by atoms with Gasteiger partial charge in [-0.05, 0) is 49.2 Å². The van der Waals surface area contributed by atoms with E-state index in [1.165, 1.54) is 4.90 Å². The quantitative estimate of drug-likeness (QED) is 0.434. The number of nitrogens with zero attached hydrogens (tertiary/aromatic N) is 2. The number of esters is 2. The summed E-state index contributed by atoms with van der Waals surface area (Å²) in [5, 5.41) is 3.43. The maximum absolute atomic E-state index is 13.5. The number of aryl methyl sites for hydroxylation is 1. The Hall–Kier alpha value is -3.59. The summed E-state index contributed by atoms with van der Waals surface area (Å²) in [4.78, 5) is 54.2. The number of carbonyl (C=O) groups excluding carboxylic acids is 4. The zero-order valence-corrected chi connectivity index (χ0v) is 22.9. The molecule has 0 unspecified atom stereocenters. The Bertz CT molecular complexity index is 1150. The lowest BCUT2D eigenvalue weighted by Crippen LogP contribution is -2.56. The summed E-state index contributed by atoms with van der Waals surface area (Å²) in [5.41, 5.74) is 2.93. The van der Waals surface area contributed by atoms with E-state index in [0.29, 0.717) is 31.2 Å². The summed E-state index contributed by atoms with van der Waals surface area (Å²) < 4.78 is 10.5. The van der Waals surface area contributed by atoms with Crippen molar-refractivity contribution in [3.05, 3.63) is 64.7 Å². The summed E-state index contributed by atoms with van der Waals surface area (Å²) in [6, 6.07) is 15.1. The first-order valence-corrected chi connectivity index (χ1v) is 12.9. The molecule has 1 aliphatic heterocycles. The van der Waals surface area contributed by atoms with Crippen LogP contribution in [-0.2, 0) is 35.2 Å². The Morgan fingerprint density at radius 1 is 1.00 bits per heavy atom. The van der Waals surface area contributed by atoms with Crippen LogP contribution in [0.25, 0.3) is 0 Å². The number of anilines is 1. The molecule has 1 saturated heterocycles. The fourth-order valence-electron chi connectivity index (χ4n) is 4.28. The summed E-state index contributed by atoms with van der Waals surface area (Å²) in [6.45, 7) is 8.27. The summed E-state index contributed by atoms with van der Waals surface area (Å²) in [7, 11) is 0. The lowest BCUT2D eigenvalue weighted by Gasteiger charge is -2.41. The molecule has 1 N–H and O–H groups in total. The van der Waals surface area contributed by atoms with Crippen LogP contribution in [0.2, 0.25) is 5.02 Å². The number of benzene rings is 2. The number of nitrogens with one attached hydrogen (secondary N) is 1. The number of hydrogen-bond donors (Lipinski definition) is 1. The Morgan fingerprint density at radius 2 is 1.61 bits per heavy atom. The zero-order valence-electron chi connectivity index (χ0n) is 22.1. The van der Waals surface area contributed by atoms with Gasteiger partial charge in [0.2, 0.25) is 12.2 Å². The molecule has 9 nitrogen and oxygen atoms in total. The minimum absolute atomic E-state index is 0.156. The highest BCUT2D eigenvalue weighted by Gasteiger charge is 2.41. The van der Waals surface area contributed by atoms with E-state index in [1.54, 1.807) is 6.92 Å². The minimum atomic E-state index is -1.62. The van der Waals surface area contributed by atoms with E-state index < -0.39 is 36.0 Å². The molecule has 3 rings (SSSR count). The molecule has 204 valence electrons. The third-order valence-corrected chi connectivity index (χ3v) is 6.64. The standard InChI is InChI=1S/C28H34ClN3O6/c1-5-31(17-22-9-7-6-8-18(22)2)28(36)26(38-20(4)34)25(37-19(3)33)27(35)30-14-21-15-32(16-21)24-12-10-23(29)11-13-24/h6-13,21,25-26H,5,14-17H2,1-4H3,(H,30,35)/t25-,26-/m1/s1. The molecule has 0 saturated carbocycles. The van der Waals surface area contributed by atoms with Gasteiger partial charge in [-0.3, -0.25) is 19.2 Å². The highest BCUT2D eigenvalue weighted by molar-refractivity contribution is 6.30. The van der Waals surface area contributed by atoms with E-state index in [9.17, 15) is 19.2 Å². The summed E-state index contributed by atoms with van der Waals surface area (Å²) >= 11 is 5.95. The van der Waals surface area contributed by atoms with Gasteiger partial charge in [-0.1, -0.05) is 35.9 Å². The van der Waals surface area contributed by atoms with Crippen molar-refractivity contribution >= 4 is 41.0 Å². The van der Waals surface area contributed by atoms with Crippen LogP contribution in [-0.4, -0.2) is 67.0 Å². The van der Waals surface area contributed by atoms with E-state index in [4.69, 9.17) is 21.1 Å². The Kier molecular flexibility index (Phi) is 10.1. The van der Waals surface area contributed by atoms with Crippen LogP contribution in [0, 0.1) is 12.8 Å². The molecule has 38 heavy (non-hydrogen) atoms. The monoisotopic (exact) mass is 543 g/mol. The third-order valence-electron chi connectivity index (χ3n) is 6.39. The van der Waals surface area contributed by atoms with E-state index in [2.05, 4.69) is 10.2 Å². The van der Waals surface area contributed by atoms with Crippen LogP contribution in [0.15, 0.2) is 48.5 Å². The molecule has 0 aliphatic carbocycles. The molecule has 1 fully saturated rings. The fourth-order valence-corrected chi connectivity index (χ4v) is 4.40. The van der Waals surface area contributed by atoms with Crippen LogP contribution < -0.4 is 10.2 Å². The maximum Gasteiger partial charge on any atom is 0.303 e. The number of hydrogen-bond acceptors (Lipinski definition) is 7. The fraction of sp³-hybridized carbons (Fsp3) is 0.429. The summed E-state index contributed by atoms with van der Waals surface area (Å²) in [6.07, 6.45) is -3.24. The van der Waals surface area contributed by atoms with Gasteiger partial charge in [-0.25, -0.2) is 0 Å². The number of amides is 2. The second-order valence-electron chi connectivity index (χ2n) is 9.33. The van der Waals surface area contributed by atoms with Crippen molar-refractivity contribution in [2.24, 2.45) is 5.92 Å². The van der Waals surface area contributed by atoms with Crippen molar-refractivity contribution in [2.75, 3.05) is 31.1 Å². The van der Waals surface area contributed by atoms with E-state index in [1.807, 2.05) is 55.5 Å². The van der Waals surface area contributed by atoms with E-state index in [0.717, 1.165) is 30.7 Å². The number of rotatable bonds is 11. The zero-order chi connectivity index (χ0) is 27.8. The van der Waals surface area contributed by atoms with Crippen molar-refractivity contribution in [3.63, 3.8) is 0 Å². The largest absolute Gasteiger partial charge is 0.448 e. The average Bonchev–Trinajstić information content (AvgIpc) is 2.85. The molecule has 0 radical (unpaired) electrons. The SMILES string of the molecule is CCN(Cc1ccccc1C)C(=O)[C@H](OC(C)=O)[C@@H](OC(C)=O)C(=O)NCC1CN(c2ccc(Cl)cc2)C1. The van der Waals surface area contributed by atoms with Gasteiger partial charge in [0, 0.05) is 63.2 Å². The van der Waals surface area contributed by atoms with E-state index >= 15 is 0 Å². The van der Waals surface area contributed by atoms with Gasteiger partial charge < -0.3 is 24.6 Å². The Morgan fingerprint density at radius 3 is 2.18 bits per heavy atom. The second kappa shape index (κ2) is 13.3. The minimum Gasteiger partial charge on any atom is -0.448 e. The Labute approximate surface area is 228 Å². The average molecular weight is 544 g/mol. The smallest absolute Gasteiger partial charge is 0.303 e. The van der Waals surface area contributed by atoms with Crippen LogP contribution >= 0.6 is 11.6 Å². The van der Waals surface area contributed by atoms with Gasteiger partial charge in [0.15, 0.2) is 0 Å².